The van der Waals surface area contributed by atoms with E-state index in [4.69, 9.17) is 9.47 Å². The van der Waals surface area contributed by atoms with Gasteiger partial charge in [0.15, 0.2) is 5.96 Å². The molecule has 1 aliphatic rings. The van der Waals surface area contributed by atoms with E-state index in [-0.39, 0.29) is 5.91 Å². The van der Waals surface area contributed by atoms with Gasteiger partial charge in [-0.05, 0) is 37.3 Å². The standard InChI is InChI=1S/C22H36N4O3/c1-3-23-22(25-13-7-15-29-17-16-28-2)24-12-6-10-21(27)26-14-11-19-8-4-5-9-20(19)18-26/h4-5,8-9H,3,6-7,10-18H2,1-2H3,(H2,23,24,25). The van der Waals surface area contributed by atoms with Crippen LogP contribution in [0.3, 0.4) is 0 Å². The third-order valence-corrected chi connectivity index (χ3v) is 4.84. The van der Waals surface area contributed by atoms with Crippen LogP contribution in [0.4, 0.5) is 0 Å². The highest BCUT2D eigenvalue weighted by Crippen LogP contribution is 2.19. The summed E-state index contributed by atoms with van der Waals surface area (Å²) in [4.78, 5) is 19.1. The molecule has 162 valence electrons. The molecule has 7 heteroatoms. The lowest BCUT2D eigenvalue weighted by molar-refractivity contribution is -0.132. The number of nitrogens with zero attached hydrogens (tertiary/aromatic N) is 2. The number of rotatable bonds is 12. The minimum absolute atomic E-state index is 0.223. The van der Waals surface area contributed by atoms with Crippen LogP contribution in [0.2, 0.25) is 0 Å². The Hall–Kier alpha value is -2.12. The van der Waals surface area contributed by atoms with Crippen molar-refractivity contribution >= 4 is 11.9 Å². The Bertz CT molecular complexity index is 636. The van der Waals surface area contributed by atoms with Crippen molar-refractivity contribution in [2.75, 3.05) is 53.1 Å². The van der Waals surface area contributed by atoms with Crippen LogP contribution < -0.4 is 10.6 Å². The molecule has 0 fully saturated rings. The largest absolute Gasteiger partial charge is 0.382 e. The molecule has 29 heavy (non-hydrogen) atoms. The van der Waals surface area contributed by atoms with E-state index in [2.05, 4.69) is 33.8 Å². The number of guanidine groups is 1. The molecular formula is C22H36N4O3. The van der Waals surface area contributed by atoms with E-state index in [1.54, 1.807) is 7.11 Å². The number of hydrogen-bond acceptors (Lipinski definition) is 4. The topological polar surface area (TPSA) is 75.2 Å². The van der Waals surface area contributed by atoms with Crippen LogP contribution in [0, 0.1) is 0 Å². The van der Waals surface area contributed by atoms with Gasteiger partial charge in [-0.15, -0.1) is 0 Å². The SMILES string of the molecule is CCNC(=NCCCC(=O)N1CCc2ccccc2C1)NCCCOCCOC. The Labute approximate surface area is 174 Å². The summed E-state index contributed by atoms with van der Waals surface area (Å²) in [6, 6.07) is 8.39. The molecule has 0 aromatic heterocycles. The normalized spacial score (nSPS) is 13.9. The van der Waals surface area contributed by atoms with Gasteiger partial charge in [0.05, 0.1) is 13.2 Å². The molecule has 0 unspecified atom stereocenters. The predicted octanol–water partition coefficient (Wildman–Crippen LogP) is 1.96. The van der Waals surface area contributed by atoms with E-state index >= 15 is 0 Å². The number of benzene rings is 1. The number of fused-ring (bicyclic) bond motifs is 1. The second-order valence-corrected chi connectivity index (χ2v) is 7.08. The number of carbonyl (C=O) groups excluding carboxylic acids is 1. The fourth-order valence-electron chi connectivity index (χ4n) is 3.25. The van der Waals surface area contributed by atoms with Gasteiger partial charge in [0, 0.05) is 52.9 Å². The molecule has 0 aliphatic carbocycles. The van der Waals surface area contributed by atoms with Gasteiger partial charge in [0.1, 0.15) is 0 Å². The number of methoxy groups -OCH3 is 1. The quantitative estimate of drug-likeness (QED) is 0.316. The summed E-state index contributed by atoms with van der Waals surface area (Å²) >= 11 is 0. The number of carbonyl (C=O) groups is 1. The zero-order valence-corrected chi connectivity index (χ0v) is 17.9. The Kier molecular flexibility index (Phi) is 11.1. The summed E-state index contributed by atoms with van der Waals surface area (Å²) in [5.74, 6) is 1.02. The van der Waals surface area contributed by atoms with Crippen molar-refractivity contribution in [2.24, 2.45) is 4.99 Å². The van der Waals surface area contributed by atoms with Gasteiger partial charge in [0.2, 0.25) is 5.91 Å². The molecule has 0 radical (unpaired) electrons. The first-order chi connectivity index (χ1) is 14.2. The second kappa shape index (κ2) is 14.0. The van der Waals surface area contributed by atoms with Crippen LogP contribution in [0.15, 0.2) is 29.3 Å². The van der Waals surface area contributed by atoms with Crippen molar-refractivity contribution in [3.8, 4) is 0 Å². The highest BCUT2D eigenvalue weighted by Gasteiger charge is 2.19. The van der Waals surface area contributed by atoms with Gasteiger partial charge in [-0.2, -0.15) is 0 Å². The van der Waals surface area contributed by atoms with Crippen LogP contribution in [-0.2, 0) is 27.2 Å². The first-order valence-corrected chi connectivity index (χ1v) is 10.7. The van der Waals surface area contributed by atoms with Crippen molar-refractivity contribution in [1.29, 1.82) is 0 Å². The third kappa shape index (κ3) is 8.83. The summed E-state index contributed by atoms with van der Waals surface area (Å²) in [6.45, 7) is 7.78. The van der Waals surface area contributed by atoms with Gasteiger partial charge < -0.3 is 25.0 Å². The van der Waals surface area contributed by atoms with Crippen molar-refractivity contribution < 1.29 is 14.3 Å². The zero-order valence-electron chi connectivity index (χ0n) is 17.9. The smallest absolute Gasteiger partial charge is 0.222 e. The van der Waals surface area contributed by atoms with E-state index in [1.807, 2.05) is 17.9 Å². The number of ether oxygens (including phenoxy) is 2. The molecule has 0 saturated heterocycles. The second-order valence-electron chi connectivity index (χ2n) is 7.08. The maximum atomic E-state index is 12.5. The lowest BCUT2D eigenvalue weighted by Gasteiger charge is -2.28. The first-order valence-electron chi connectivity index (χ1n) is 10.7. The summed E-state index contributed by atoms with van der Waals surface area (Å²) < 4.78 is 10.4. The van der Waals surface area contributed by atoms with Gasteiger partial charge >= 0.3 is 0 Å². The fourth-order valence-corrected chi connectivity index (χ4v) is 3.25. The molecule has 7 nitrogen and oxygen atoms in total. The molecule has 0 spiro atoms. The molecule has 2 N–H and O–H groups in total. The Morgan fingerprint density at radius 1 is 1.14 bits per heavy atom. The number of hydrogen-bond donors (Lipinski definition) is 2. The lowest BCUT2D eigenvalue weighted by atomic mass is 9.99. The van der Waals surface area contributed by atoms with E-state index < -0.39 is 0 Å². The lowest BCUT2D eigenvalue weighted by Crippen LogP contribution is -2.38. The summed E-state index contributed by atoms with van der Waals surface area (Å²) in [6.07, 6.45) is 3.15. The predicted molar refractivity (Wildman–Crippen MR) is 116 cm³/mol. The molecule has 1 amide bonds. The highest BCUT2D eigenvalue weighted by atomic mass is 16.5. The maximum absolute atomic E-state index is 12.5. The van der Waals surface area contributed by atoms with Crippen LogP contribution in [-0.4, -0.2) is 69.9 Å². The van der Waals surface area contributed by atoms with Crippen molar-refractivity contribution in [1.82, 2.24) is 15.5 Å². The summed E-state index contributed by atoms with van der Waals surface area (Å²) in [7, 11) is 1.67. The first kappa shape index (κ1) is 23.2. The molecule has 1 aromatic rings. The molecular weight excluding hydrogens is 368 g/mol. The average molecular weight is 405 g/mol. The molecule has 1 aliphatic heterocycles. The third-order valence-electron chi connectivity index (χ3n) is 4.84. The van der Waals surface area contributed by atoms with E-state index in [0.29, 0.717) is 32.8 Å². The number of aliphatic imine (C=N–C) groups is 1. The minimum Gasteiger partial charge on any atom is -0.382 e. The van der Waals surface area contributed by atoms with Crippen LogP contribution >= 0.6 is 0 Å². The van der Waals surface area contributed by atoms with Gasteiger partial charge in [0.25, 0.3) is 0 Å². The molecule has 0 atom stereocenters. The van der Waals surface area contributed by atoms with E-state index in [1.165, 1.54) is 11.1 Å². The maximum Gasteiger partial charge on any atom is 0.222 e. The summed E-state index contributed by atoms with van der Waals surface area (Å²) in [5.41, 5.74) is 2.64. The Morgan fingerprint density at radius 2 is 1.97 bits per heavy atom. The zero-order chi connectivity index (χ0) is 20.7. The molecule has 0 saturated carbocycles. The van der Waals surface area contributed by atoms with Crippen LogP contribution in [0.5, 0.6) is 0 Å². The van der Waals surface area contributed by atoms with Crippen LogP contribution in [0.25, 0.3) is 0 Å². The molecule has 1 heterocycles. The molecule has 2 rings (SSSR count). The van der Waals surface area contributed by atoms with Gasteiger partial charge in [-0.1, -0.05) is 24.3 Å². The van der Waals surface area contributed by atoms with E-state index in [0.717, 1.165) is 51.4 Å². The number of amides is 1. The average Bonchev–Trinajstić information content (AvgIpc) is 2.75. The minimum atomic E-state index is 0.223. The molecule has 1 aromatic carbocycles. The number of nitrogens with one attached hydrogen (secondary N) is 2. The summed E-state index contributed by atoms with van der Waals surface area (Å²) in [5, 5.41) is 6.55. The highest BCUT2D eigenvalue weighted by molar-refractivity contribution is 5.80. The van der Waals surface area contributed by atoms with E-state index in [9.17, 15) is 4.79 Å². The van der Waals surface area contributed by atoms with Crippen LogP contribution in [0.1, 0.15) is 37.3 Å². The van der Waals surface area contributed by atoms with Crippen molar-refractivity contribution in [2.45, 2.75) is 39.2 Å². The fraction of sp³-hybridized carbons (Fsp3) is 0.636. The van der Waals surface area contributed by atoms with Gasteiger partial charge in [-0.3, -0.25) is 9.79 Å². The Morgan fingerprint density at radius 3 is 2.76 bits per heavy atom. The Balaban J connectivity index is 1.64. The van der Waals surface area contributed by atoms with Gasteiger partial charge in [-0.25, -0.2) is 0 Å². The van der Waals surface area contributed by atoms with Crippen molar-refractivity contribution in [3.63, 3.8) is 0 Å². The molecule has 0 bridgehead atoms. The monoisotopic (exact) mass is 404 g/mol. The van der Waals surface area contributed by atoms with Crippen molar-refractivity contribution in [3.05, 3.63) is 35.4 Å².